The Balaban J connectivity index is 2.15. The number of carbonyl (C=O) groups is 2. The van der Waals surface area contributed by atoms with Gasteiger partial charge in [0.25, 0.3) is 0 Å². The SMILES string of the molecule is CC(C)(C)OC(=O)C(Cc1cccc(Br)c1)[C@@H]1CCN(C(=O)OC(C)(C)C)C1. The fourth-order valence-electron chi connectivity index (χ4n) is 3.35. The molecule has 1 fully saturated rings. The Hall–Kier alpha value is -1.56. The first-order chi connectivity index (χ1) is 12.8. The Kier molecular flexibility index (Phi) is 7.18. The standard InChI is InChI=1S/C22H32BrNO4/c1-21(2,3)27-19(25)18(13-15-8-7-9-17(23)12-15)16-10-11-24(14-16)20(26)28-22(4,5)6/h7-9,12,16,18H,10-11,13-14H2,1-6H3/t16-,18?/m1/s1. The summed E-state index contributed by atoms with van der Waals surface area (Å²) in [5.74, 6) is -0.467. The molecule has 1 aromatic rings. The Morgan fingerprint density at radius 2 is 1.79 bits per heavy atom. The van der Waals surface area contributed by atoms with Crippen LogP contribution >= 0.6 is 15.9 Å². The Bertz CT molecular complexity index is 705. The number of ether oxygens (including phenoxy) is 2. The number of rotatable bonds is 4. The molecule has 5 nitrogen and oxygen atoms in total. The van der Waals surface area contributed by atoms with Crippen molar-refractivity contribution < 1.29 is 19.1 Å². The third kappa shape index (κ3) is 7.12. The molecular formula is C22H32BrNO4. The van der Waals surface area contributed by atoms with Crippen molar-refractivity contribution in [3.63, 3.8) is 0 Å². The molecule has 1 amide bonds. The van der Waals surface area contributed by atoms with Crippen LogP contribution in [0, 0.1) is 11.8 Å². The van der Waals surface area contributed by atoms with Gasteiger partial charge in [0.2, 0.25) is 0 Å². The molecule has 0 aromatic heterocycles. The van der Waals surface area contributed by atoms with E-state index in [1.165, 1.54) is 0 Å². The molecule has 156 valence electrons. The maximum Gasteiger partial charge on any atom is 0.410 e. The number of halogens is 1. The number of nitrogens with zero attached hydrogens (tertiary/aromatic N) is 1. The Morgan fingerprint density at radius 3 is 2.36 bits per heavy atom. The second-order valence-electron chi connectivity index (χ2n) is 9.45. The lowest BCUT2D eigenvalue weighted by Gasteiger charge is -2.28. The average Bonchev–Trinajstić information content (AvgIpc) is 2.99. The molecule has 1 saturated heterocycles. The Morgan fingerprint density at radius 1 is 1.14 bits per heavy atom. The molecule has 0 bridgehead atoms. The minimum atomic E-state index is -0.546. The highest BCUT2D eigenvalue weighted by molar-refractivity contribution is 9.10. The third-order valence-corrected chi connectivity index (χ3v) is 4.99. The summed E-state index contributed by atoms with van der Waals surface area (Å²) >= 11 is 3.49. The van der Waals surface area contributed by atoms with E-state index in [1.807, 2.05) is 65.8 Å². The van der Waals surface area contributed by atoms with Gasteiger partial charge < -0.3 is 14.4 Å². The van der Waals surface area contributed by atoms with E-state index >= 15 is 0 Å². The molecule has 1 aliphatic rings. The van der Waals surface area contributed by atoms with Gasteiger partial charge in [-0.2, -0.15) is 0 Å². The largest absolute Gasteiger partial charge is 0.460 e. The molecule has 0 N–H and O–H groups in total. The first kappa shape index (κ1) is 22.7. The van der Waals surface area contributed by atoms with Crippen LogP contribution in [0.1, 0.15) is 53.5 Å². The molecule has 1 aliphatic heterocycles. The van der Waals surface area contributed by atoms with Gasteiger partial charge in [-0.3, -0.25) is 4.79 Å². The fourth-order valence-corrected chi connectivity index (χ4v) is 3.79. The molecule has 0 radical (unpaired) electrons. The quantitative estimate of drug-likeness (QED) is 0.587. The lowest BCUT2D eigenvalue weighted by atomic mass is 9.86. The van der Waals surface area contributed by atoms with Gasteiger partial charge in [-0.15, -0.1) is 0 Å². The third-order valence-electron chi connectivity index (χ3n) is 4.50. The van der Waals surface area contributed by atoms with E-state index in [-0.39, 0.29) is 23.9 Å². The smallest absolute Gasteiger partial charge is 0.410 e. The van der Waals surface area contributed by atoms with Crippen LogP contribution in [0.5, 0.6) is 0 Å². The van der Waals surface area contributed by atoms with E-state index in [4.69, 9.17) is 9.47 Å². The zero-order valence-corrected chi connectivity index (χ0v) is 19.3. The molecular weight excluding hydrogens is 422 g/mol. The fraction of sp³-hybridized carbons (Fsp3) is 0.636. The molecule has 1 unspecified atom stereocenters. The first-order valence-corrected chi connectivity index (χ1v) is 10.6. The molecule has 1 heterocycles. The van der Waals surface area contributed by atoms with E-state index in [0.717, 1.165) is 16.5 Å². The number of likely N-dealkylation sites (tertiary alicyclic amines) is 1. The molecule has 2 atom stereocenters. The summed E-state index contributed by atoms with van der Waals surface area (Å²) in [7, 11) is 0. The highest BCUT2D eigenvalue weighted by Crippen LogP contribution is 2.31. The van der Waals surface area contributed by atoms with Crippen LogP contribution in [0.3, 0.4) is 0 Å². The van der Waals surface area contributed by atoms with Gasteiger partial charge in [0.05, 0.1) is 5.92 Å². The lowest BCUT2D eigenvalue weighted by molar-refractivity contribution is -0.161. The van der Waals surface area contributed by atoms with Crippen molar-refractivity contribution in [3.8, 4) is 0 Å². The van der Waals surface area contributed by atoms with E-state index in [2.05, 4.69) is 15.9 Å². The number of esters is 1. The van der Waals surface area contributed by atoms with Crippen LogP contribution in [0.25, 0.3) is 0 Å². The van der Waals surface area contributed by atoms with Crippen LogP contribution in [0.4, 0.5) is 4.79 Å². The van der Waals surface area contributed by atoms with E-state index in [0.29, 0.717) is 19.5 Å². The zero-order valence-electron chi connectivity index (χ0n) is 17.8. The molecule has 2 rings (SSSR count). The summed E-state index contributed by atoms with van der Waals surface area (Å²) in [4.78, 5) is 27.1. The van der Waals surface area contributed by atoms with Gasteiger partial charge in [0.15, 0.2) is 0 Å². The molecule has 6 heteroatoms. The summed E-state index contributed by atoms with van der Waals surface area (Å²) in [6.07, 6.45) is 1.03. The van der Waals surface area contributed by atoms with Crippen LogP contribution in [0.2, 0.25) is 0 Å². The van der Waals surface area contributed by atoms with Crippen LogP contribution in [-0.4, -0.2) is 41.3 Å². The summed E-state index contributed by atoms with van der Waals surface area (Å²) in [6, 6.07) is 7.97. The maximum absolute atomic E-state index is 13.0. The van der Waals surface area contributed by atoms with Gasteiger partial charge in [0.1, 0.15) is 11.2 Å². The number of hydrogen-bond donors (Lipinski definition) is 0. The van der Waals surface area contributed by atoms with Crippen molar-refractivity contribution in [1.29, 1.82) is 0 Å². The van der Waals surface area contributed by atoms with Gasteiger partial charge >= 0.3 is 12.1 Å². The minimum absolute atomic E-state index is 0.0429. The highest BCUT2D eigenvalue weighted by Gasteiger charge is 2.39. The topological polar surface area (TPSA) is 55.8 Å². The first-order valence-electron chi connectivity index (χ1n) is 9.79. The van der Waals surface area contributed by atoms with E-state index in [9.17, 15) is 9.59 Å². The van der Waals surface area contributed by atoms with E-state index in [1.54, 1.807) is 4.90 Å². The summed E-state index contributed by atoms with van der Waals surface area (Å²) in [5, 5.41) is 0. The van der Waals surface area contributed by atoms with Crippen molar-refractivity contribution in [2.24, 2.45) is 11.8 Å². The number of benzene rings is 1. The van der Waals surface area contributed by atoms with E-state index < -0.39 is 11.2 Å². The second kappa shape index (κ2) is 8.85. The number of amides is 1. The Labute approximate surface area is 176 Å². The monoisotopic (exact) mass is 453 g/mol. The van der Waals surface area contributed by atoms with Gasteiger partial charge in [-0.25, -0.2) is 4.79 Å². The van der Waals surface area contributed by atoms with Crippen molar-refractivity contribution >= 4 is 28.0 Å². The van der Waals surface area contributed by atoms with Crippen molar-refractivity contribution in [2.45, 2.75) is 65.6 Å². The van der Waals surface area contributed by atoms with Crippen molar-refractivity contribution in [1.82, 2.24) is 4.90 Å². The molecule has 0 aliphatic carbocycles. The second-order valence-corrected chi connectivity index (χ2v) is 10.4. The summed E-state index contributed by atoms with van der Waals surface area (Å²) in [5.41, 5.74) is -0.00694. The zero-order chi connectivity index (χ0) is 21.1. The van der Waals surface area contributed by atoms with Crippen LogP contribution in [0.15, 0.2) is 28.7 Å². The average molecular weight is 454 g/mol. The van der Waals surface area contributed by atoms with Gasteiger partial charge in [0, 0.05) is 17.6 Å². The molecule has 1 aromatic carbocycles. The minimum Gasteiger partial charge on any atom is -0.460 e. The predicted molar refractivity (Wildman–Crippen MR) is 113 cm³/mol. The molecule has 0 spiro atoms. The van der Waals surface area contributed by atoms with Crippen molar-refractivity contribution in [2.75, 3.05) is 13.1 Å². The van der Waals surface area contributed by atoms with Gasteiger partial charge in [-0.1, -0.05) is 28.1 Å². The summed E-state index contributed by atoms with van der Waals surface area (Å²) < 4.78 is 12.2. The maximum atomic E-state index is 13.0. The predicted octanol–water partition coefficient (Wildman–Crippen LogP) is 5.21. The lowest BCUT2D eigenvalue weighted by Crippen LogP contribution is -2.38. The van der Waals surface area contributed by atoms with Crippen LogP contribution in [-0.2, 0) is 20.7 Å². The molecule has 28 heavy (non-hydrogen) atoms. The normalized spacial score (nSPS) is 18.7. The van der Waals surface area contributed by atoms with Crippen molar-refractivity contribution in [3.05, 3.63) is 34.3 Å². The number of hydrogen-bond acceptors (Lipinski definition) is 4. The highest BCUT2D eigenvalue weighted by atomic mass is 79.9. The summed E-state index contributed by atoms with van der Waals surface area (Å²) in [6.45, 7) is 12.3. The van der Waals surface area contributed by atoms with Crippen LogP contribution < -0.4 is 0 Å². The number of carbonyl (C=O) groups excluding carboxylic acids is 2. The van der Waals surface area contributed by atoms with Gasteiger partial charge in [-0.05, 0) is 78.0 Å². The molecule has 0 saturated carbocycles.